The molecule has 0 radical (unpaired) electrons. The van der Waals surface area contributed by atoms with E-state index in [4.69, 9.17) is 63.1 Å². The molecule has 4 heterocycles. The summed E-state index contributed by atoms with van der Waals surface area (Å²) in [6.45, 7) is 0. The summed E-state index contributed by atoms with van der Waals surface area (Å²) >= 11 is 2.45. The van der Waals surface area contributed by atoms with Crippen molar-refractivity contribution in [3.63, 3.8) is 0 Å². The molecule has 0 unspecified atom stereocenters. The predicted octanol–water partition coefficient (Wildman–Crippen LogP) is 4.60. The highest BCUT2D eigenvalue weighted by Gasteiger charge is 2.12. The highest BCUT2D eigenvalue weighted by atomic mass is 79.9. The molecular formula is C36H24BrF3N18O4. The summed E-state index contributed by atoms with van der Waals surface area (Å²) < 4.78 is 53.7. The molecule has 0 aliphatic rings. The van der Waals surface area contributed by atoms with E-state index in [-0.39, 0.29) is 52.1 Å². The third kappa shape index (κ3) is 11.8. The van der Waals surface area contributed by atoms with Crippen molar-refractivity contribution >= 4 is 56.6 Å². The zero-order valence-electron chi connectivity index (χ0n) is 30.9. The van der Waals surface area contributed by atoms with Crippen LogP contribution in [0.5, 0.6) is 0 Å². The Hall–Kier alpha value is -9.37. The van der Waals surface area contributed by atoms with Crippen LogP contribution in [0, 0.1) is 61.7 Å². The molecule has 0 saturated carbocycles. The number of carbonyl (C=O) groups is 1. The number of aromatic nitrogens is 8. The molecule has 1 amide bonds. The van der Waals surface area contributed by atoms with Crippen molar-refractivity contribution in [1.82, 2.24) is 46.2 Å². The van der Waals surface area contributed by atoms with Gasteiger partial charge in [-0.2, -0.15) is 26.1 Å². The van der Waals surface area contributed by atoms with E-state index in [1.807, 2.05) is 23.6 Å². The Kier molecular flexibility index (Phi) is 15.7. The maximum Gasteiger partial charge on any atom is 0.313 e. The molecule has 8 aromatic rings. The van der Waals surface area contributed by atoms with Gasteiger partial charge in [-0.05, 0) is 72.8 Å². The largest absolute Gasteiger partial charge is 0.404 e. The van der Waals surface area contributed by atoms with Crippen molar-refractivity contribution in [3.05, 3.63) is 113 Å². The maximum absolute atomic E-state index is 13.0. The Balaban J connectivity index is 0.000000178. The van der Waals surface area contributed by atoms with Gasteiger partial charge in [-0.1, -0.05) is 15.3 Å². The molecule has 310 valence electrons. The molecule has 0 saturated heterocycles. The molecule has 26 heteroatoms. The minimum absolute atomic E-state index is 0.0373. The van der Waals surface area contributed by atoms with E-state index in [0.717, 1.165) is 40.7 Å². The minimum atomic E-state index is -0.656. The number of nitriles is 4. The van der Waals surface area contributed by atoms with Gasteiger partial charge >= 0.3 is 18.0 Å². The first-order chi connectivity index (χ1) is 29.7. The number of anilines is 4. The number of halogens is 4. The van der Waals surface area contributed by atoms with E-state index >= 15 is 0 Å². The van der Waals surface area contributed by atoms with Crippen LogP contribution >= 0.6 is 15.9 Å². The Morgan fingerprint density at radius 2 is 1.00 bits per heavy atom. The van der Waals surface area contributed by atoms with Crippen LogP contribution in [0.3, 0.4) is 0 Å². The Labute approximate surface area is 353 Å². The van der Waals surface area contributed by atoms with Crippen molar-refractivity contribution in [2.75, 3.05) is 22.9 Å². The van der Waals surface area contributed by atoms with Crippen LogP contribution in [-0.2, 0) is 0 Å². The average Bonchev–Trinajstić information content (AvgIpc) is 4.10. The van der Waals surface area contributed by atoms with Crippen molar-refractivity contribution in [2.45, 2.75) is 0 Å². The summed E-state index contributed by atoms with van der Waals surface area (Å²) in [4.78, 5) is 12.5. The van der Waals surface area contributed by atoms with Crippen LogP contribution in [0.25, 0.3) is 45.3 Å². The van der Waals surface area contributed by atoms with E-state index < -0.39 is 23.4 Å². The first-order valence-corrected chi connectivity index (χ1v) is 17.2. The summed E-state index contributed by atoms with van der Waals surface area (Å²) in [7, 11) is 0. The fourth-order valence-corrected chi connectivity index (χ4v) is 4.54. The number of hydrogen-bond acceptors (Lipinski definition) is 20. The highest BCUT2D eigenvalue weighted by molar-refractivity contribution is 9.12. The highest BCUT2D eigenvalue weighted by Crippen LogP contribution is 2.26. The summed E-state index contributed by atoms with van der Waals surface area (Å²) in [5.74, 6) is 3.57. The Bertz CT molecular complexity index is 2910. The van der Waals surface area contributed by atoms with Crippen molar-refractivity contribution in [3.8, 4) is 57.5 Å². The number of nitrogens with two attached hydrogens (primary N) is 5. The van der Waals surface area contributed by atoms with Crippen LogP contribution in [-0.4, -0.2) is 46.7 Å². The summed E-state index contributed by atoms with van der Waals surface area (Å²) in [5, 5.41) is 62.0. The second kappa shape index (κ2) is 21.4. The fraction of sp³-hybridized carbons (Fsp3) is 0. The molecule has 0 fully saturated rings. The number of benzene rings is 4. The second-order valence-corrected chi connectivity index (χ2v) is 11.5. The second-order valence-electron chi connectivity index (χ2n) is 11.2. The molecule has 0 bridgehead atoms. The molecule has 22 nitrogen and oxygen atoms in total. The number of nitrogens with one attached hydrogen (secondary N) is 2. The van der Waals surface area contributed by atoms with Crippen molar-refractivity contribution in [1.29, 1.82) is 21.0 Å². The molecule has 0 spiro atoms. The number of hydrazine groups is 1. The lowest BCUT2D eigenvalue weighted by molar-refractivity contribution is 0.0953. The fourth-order valence-electron chi connectivity index (χ4n) is 4.54. The van der Waals surface area contributed by atoms with Gasteiger partial charge in [0.25, 0.3) is 5.91 Å². The van der Waals surface area contributed by atoms with Crippen LogP contribution in [0.4, 0.5) is 37.0 Å². The third-order valence-electron chi connectivity index (χ3n) is 7.31. The van der Waals surface area contributed by atoms with Gasteiger partial charge in [-0.3, -0.25) is 15.3 Å². The first kappa shape index (κ1) is 45.3. The topological polar surface area (TPSA) is 400 Å². The summed E-state index contributed by atoms with van der Waals surface area (Å²) in [5.41, 5.74) is 25.7. The summed E-state index contributed by atoms with van der Waals surface area (Å²) in [6, 6.07) is 21.7. The van der Waals surface area contributed by atoms with Gasteiger partial charge in [0.1, 0.15) is 40.6 Å². The number of fused-ring (bicyclic) bond motifs is 1. The van der Waals surface area contributed by atoms with Gasteiger partial charge in [0.05, 0.1) is 22.2 Å². The predicted molar refractivity (Wildman–Crippen MR) is 213 cm³/mol. The molecule has 8 rings (SSSR count). The number of nitrogens with zero attached hydrogens (tertiary/aromatic N) is 11. The standard InChI is InChI=1S/2C9H5FN4O.C9H8N6O.C8H6FN3O.CBrN/c2*10-7-2-1-5(3-6(7)4-11)8-13-14-9(12)15-8;10-7-5-3-4(1-2-6(5)12-13-7)8-14-15-9(11)16-8;9-7-2-1-5(8(13)12-11)3-6(7)4-10;2-1-3/h2*1-3H,(H2,12,14);1-3H,(H2,11,15)(H3,10,12,13);1-3H,11H2,(H,12,13);. The lowest BCUT2D eigenvalue weighted by Gasteiger charge is -1.99. The van der Waals surface area contributed by atoms with Crippen molar-refractivity contribution in [2.24, 2.45) is 5.84 Å². The average molecular weight is 910 g/mol. The zero-order valence-corrected chi connectivity index (χ0v) is 32.5. The molecule has 12 N–H and O–H groups in total. The number of H-pyrrole nitrogens is 1. The smallest absolute Gasteiger partial charge is 0.313 e. The SMILES string of the molecule is N#CBr.N#Cc1cc(-c2nnc(N)o2)ccc1F.N#Cc1cc(-c2nnc(N)o2)ccc1F.N#Cc1cc(C(=O)NN)ccc1F.Nc1nnc(-c2ccc3[nH]nc(N)c3c2)o1. The molecular weight excluding hydrogens is 885 g/mol. The number of rotatable bonds is 4. The van der Waals surface area contributed by atoms with Gasteiger partial charge in [-0.25, -0.2) is 19.0 Å². The molecule has 4 aromatic carbocycles. The molecule has 4 aromatic heterocycles. The van der Waals surface area contributed by atoms with Crippen LogP contribution in [0.2, 0.25) is 0 Å². The third-order valence-corrected chi connectivity index (χ3v) is 7.31. The number of carbonyl (C=O) groups excluding carboxylic acids is 1. The molecule has 0 aliphatic heterocycles. The monoisotopic (exact) mass is 908 g/mol. The lowest BCUT2D eigenvalue weighted by Crippen LogP contribution is -2.30. The van der Waals surface area contributed by atoms with E-state index in [1.165, 1.54) is 30.3 Å². The first-order valence-electron chi connectivity index (χ1n) is 16.4. The molecule has 0 aliphatic carbocycles. The van der Waals surface area contributed by atoms with E-state index in [0.29, 0.717) is 22.8 Å². The molecule has 62 heavy (non-hydrogen) atoms. The van der Waals surface area contributed by atoms with Crippen LogP contribution < -0.4 is 34.2 Å². The quantitative estimate of drug-likeness (QED) is 0.0720. The van der Waals surface area contributed by atoms with Gasteiger partial charge in [0, 0.05) is 43.6 Å². The van der Waals surface area contributed by atoms with E-state index in [9.17, 15) is 18.0 Å². The number of aromatic amines is 1. The van der Waals surface area contributed by atoms with E-state index in [1.54, 1.807) is 23.2 Å². The Morgan fingerprint density at radius 1 is 0.613 bits per heavy atom. The van der Waals surface area contributed by atoms with E-state index in [2.05, 4.69) is 56.7 Å². The zero-order chi connectivity index (χ0) is 45.3. The number of hydrogen-bond donors (Lipinski definition) is 7. The van der Waals surface area contributed by atoms with Crippen LogP contribution in [0.15, 0.2) is 86.0 Å². The van der Waals surface area contributed by atoms with Crippen LogP contribution in [0.1, 0.15) is 27.0 Å². The number of nitrogen functional groups attached to an aromatic ring is 5. The van der Waals surface area contributed by atoms with Crippen molar-refractivity contribution < 1.29 is 31.2 Å². The van der Waals surface area contributed by atoms with Gasteiger partial charge in [-0.15, -0.1) is 15.3 Å². The maximum atomic E-state index is 13.0. The van der Waals surface area contributed by atoms with Gasteiger partial charge < -0.3 is 36.2 Å². The Morgan fingerprint density at radius 3 is 1.39 bits per heavy atom. The van der Waals surface area contributed by atoms with Gasteiger partial charge in [0.2, 0.25) is 17.7 Å². The number of amides is 1. The van der Waals surface area contributed by atoms with Gasteiger partial charge in [0.15, 0.2) is 5.82 Å². The molecule has 0 atom stereocenters. The lowest BCUT2D eigenvalue weighted by atomic mass is 10.1. The summed E-state index contributed by atoms with van der Waals surface area (Å²) in [6.07, 6.45) is 0. The normalized spacial score (nSPS) is 9.63. The minimum Gasteiger partial charge on any atom is -0.404 e.